The van der Waals surface area contributed by atoms with Crippen molar-refractivity contribution in [1.29, 1.82) is 0 Å². The molecule has 226 valence electrons. The number of fused-ring (bicyclic) bond motifs is 1. The first-order chi connectivity index (χ1) is 21.7. The van der Waals surface area contributed by atoms with Crippen LogP contribution in [-0.4, -0.2) is 32.9 Å². The number of nitrogens with zero attached hydrogens (tertiary/aromatic N) is 2. The predicted molar refractivity (Wildman–Crippen MR) is 178 cm³/mol. The average Bonchev–Trinajstić information content (AvgIpc) is 3.43. The molecule has 5 aromatic rings. The van der Waals surface area contributed by atoms with Crippen molar-refractivity contribution in [2.45, 2.75) is 24.0 Å². The molecule has 0 aliphatic heterocycles. The molecule has 12 heteroatoms. The maximum Gasteiger partial charge on any atom is 0.276 e. The number of nitro groups is 1. The number of hydrogen-bond donors (Lipinski definition) is 3. The van der Waals surface area contributed by atoms with Crippen LogP contribution in [-0.2, 0) is 9.59 Å². The number of aryl methyl sites for hydroxylation is 1. The number of nitro benzene ring substituents is 1. The summed E-state index contributed by atoms with van der Waals surface area (Å²) in [7, 11) is 0. The Bertz CT molecular complexity index is 1920. The fourth-order valence-electron chi connectivity index (χ4n) is 4.24. The molecule has 0 aliphatic rings. The van der Waals surface area contributed by atoms with E-state index >= 15 is 0 Å². The minimum atomic E-state index is -0.670. The van der Waals surface area contributed by atoms with Crippen molar-refractivity contribution in [3.8, 4) is 0 Å². The summed E-state index contributed by atoms with van der Waals surface area (Å²) in [5, 5.41) is 19.9. The summed E-state index contributed by atoms with van der Waals surface area (Å²) < 4.78 is 1.00. The van der Waals surface area contributed by atoms with Crippen LogP contribution in [0.25, 0.3) is 16.3 Å². The van der Waals surface area contributed by atoms with Gasteiger partial charge in [-0.2, -0.15) is 0 Å². The van der Waals surface area contributed by atoms with E-state index in [4.69, 9.17) is 0 Å². The fraction of sp³-hybridized carbons (Fsp3) is 0.0909. The van der Waals surface area contributed by atoms with Gasteiger partial charge in [-0.05, 0) is 80.1 Å². The van der Waals surface area contributed by atoms with Crippen molar-refractivity contribution in [2.75, 3.05) is 10.6 Å². The van der Waals surface area contributed by atoms with Gasteiger partial charge in [-0.3, -0.25) is 24.5 Å². The van der Waals surface area contributed by atoms with Crippen LogP contribution in [0, 0.1) is 17.0 Å². The SMILES string of the molecule is Cc1ccc2nc(NC(=O)C(C)Sc3ccc(NC(=O)/C(=C/c4ccccc4[N+](=O)[O-])NC(=O)c4ccccc4)cc3)sc2c1. The Morgan fingerprint density at radius 1 is 0.933 bits per heavy atom. The summed E-state index contributed by atoms with van der Waals surface area (Å²) in [6.07, 6.45) is 1.27. The smallest absolute Gasteiger partial charge is 0.276 e. The molecule has 0 aliphatic carbocycles. The molecule has 3 amide bonds. The Morgan fingerprint density at radius 3 is 2.38 bits per heavy atom. The number of nitrogens with one attached hydrogen (secondary N) is 3. The second-order valence-corrected chi connectivity index (χ2v) is 12.4. The Labute approximate surface area is 266 Å². The van der Waals surface area contributed by atoms with E-state index in [9.17, 15) is 24.5 Å². The second kappa shape index (κ2) is 14.0. The molecule has 3 N–H and O–H groups in total. The normalized spacial score (nSPS) is 11.9. The first kappa shape index (κ1) is 31.1. The Morgan fingerprint density at radius 2 is 1.64 bits per heavy atom. The van der Waals surface area contributed by atoms with E-state index < -0.39 is 22.0 Å². The molecule has 5 rings (SSSR count). The summed E-state index contributed by atoms with van der Waals surface area (Å²) in [6.45, 7) is 3.80. The summed E-state index contributed by atoms with van der Waals surface area (Å²) in [6, 6.07) is 27.0. The number of aromatic nitrogens is 1. The van der Waals surface area contributed by atoms with Gasteiger partial charge in [0.05, 0.1) is 26.0 Å². The van der Waals surface area contributed by atoms with Crippen LogP contribution in [0.3, 0.4) is 0 Å². The lowest BCUT2D eigenvalue weighted by atomic mass is 10.1. The minimum Gasteiger partial charge on any atom is -0.321 e. The first-order valence-electron chi connectivity index (χ1n) is 13.7. The van der Waals surface area contributed by atoms with Gasteiger partial charge in [-0.1, -0.05) is 47.7 Å². The number of para-hydroxylation sites is 1. The van der Waals surface area contributed by atoms with Gasteiger partial charge in [0.25, 0.3) is 17.5 Å². The maximum atomic E-state index is 13.3. The Kier molecular flexibility index (Phi) is 9.66. The lowest BCUT2D eigenvalue weighted by molar-refractivity contribution is -0.385. The maximum absolute atomic E-state index is 13.3. The first-order valence-corrected chi connectivity index (χ1v) is 15.4. The van der Waals surface area contributed by atoms with Gasteiger partial charge < -0.3 is 16.0 Å². The van der Waals surface area contributed by atoms with E-state index in [1.165, 1.54) is 47.4 Å². The van der Waals surface area contributed by atoms with Crippen LogP contribution in [0.4, 0.5) is 16.5 Å². The van der Waals surface area contributed by atoms with Gasteiger partial charge in [0.15, 0.2) is 5.13 Å². The van der Waals surface area contributed by atoms with Crippen molar-refractivity contribution in [3.05, 3.63) is 130 Å². The zero-order valence-electron chi connectivity index (χ0n) is 24.1. The van der Waals surface area contributed by atoms with E-state index in [1.54, 1.807) is 67.6 Å². The average molecular weight is 638 g/mol. The highest BCUT2D eigenvalue weighted by atomic mass is 32.2. The highest BCUT2D eigenvalue weighted by molar-refractivity contribution is 8.00. The number of rotatable bonds is 10. The summed E-state index contributed by atoms with van der Waals surface area (Å²) in [5.74, 6) is -1.40. The fourth-order valence-corrected chi connectivity index (χ4v) is 6.07. The quantitative estimate of drug-likeness (QED) is 0.0645. The van der Waals surface area contributed by atoms with Crippen molar-refractivity contribution >= 4 is 73.6 Å². The number of carbonyl (C=O) groups excluding carboxylic acids is 3. The second-order valence-electron chi connectivity index (χ2n) is 9.91. The third kappa shape index (κ3) is 7.99. The highest BCUT2D eigenvalue weighted by Gasteiger charge is 2.19. The van der Waals surface area contributed by atoms with E-state index in [0.717, 1.165) is 20.7 Å². The van der Waals surface area contributed by atoms with E-state index in [-0.39, 0.29) is 22.9 Å². The topological polar surface area (TPSA) is 143 Å². The molecule has 0 fully saturated rings. The van der Waals surface area contributed by atoms with Gasteiger partial charge in [-0.25, -0.2) is 4.98 Å². The van der Waals surface area contributed by atoms with Gasteiger partial charge in [-0.15, -0.1) is 11.8 Å². The molecule has 0 bridgehead atoms. The van der Waals surface area contributed by atoms with E-state index in [0.29, 0.717) is 16.4 Å². The van der Waals surface area contributed by atoms with Crippen LogP contribution in [0.5, 0.6) is 0 Å². The Hall–Kier alpha value is -5.33. The predicted octanol–water partition coefficient (Wildman–Crippen LogP) is 7.04. The zero-order valence-corrected chi connectivity index (χ0v) is 25.8. The van der Waals surface area contributed by atoms with Crippen molar-refractivity contribution in [3.63, 3.8) is 0 Å². The highest BCUT2D eigenvalue weighted by Crippen LogP contribution is 2.29. The molecule has 0 saturated carbocycles. The molecule has 0 radical (unpaired) electrons. The van der Waals surface area contributed by atoms with Crippen molar-refractivity contribution in [2.24, 2.45) is 0 Å². The van der Waals surface area contributed by atoms with Gasteiger partial charge in [0.2, 0.25) is 5.91 Å². The molecule has 4 aromatic carbocycles. The lowest BCUT2D eigenvalue weighted by Crippen LogP contribution is -2.30. The molecule has 1 atom stereocenters. The van der Waals surface area contributed by atoms with Crippen LogP contribution in [0.1, 0.15) is 28.4 Å². The van der Waals surface area contributed by atoms with Crippen LogP contribution in [0.15, 0.2) is 108 Å². The summed E-state index contributed by atoms with van der Waals surface area (Å²) in [4.78, 5) is 55.4. The molecule has 0 spiro atoms. The van der Waals surface area contributed by atoms with E-state index in [2.05, 4.69) is 20.9 Å². The summed E-state index contributed by atoms with van der Waals surface area (Å²) in [5.41, 5.74) is 2.46. The Balaban J connectivity index is 1.27. The molecule has 1 heterocycles. The molecule has 1 unspecified atom stereocenters. The van der Waals surface area contributed by atoms with E-state index in [1.807, 2.05) is 25.1 Å². The van der Waals surface area contributed by atoms with Gasteiger partial charge in [0.1, 0.15) is 5.70 Å². The molecular formula is C33H27N5O5S2. The van der Waals surface area contributed by atoms with Gasteiger partial charge in [0, 0.05) is 22.2 Å². The van der Waals surface area contributed by atoms with Crippen LogP contribution >= 0.6 is 23.1 Å². The molecule has 45 heavy (non-hydrogen) atoms. The lowest BCUT2D eigenvalue weighted by Gasteiger charge is -2.13. The van der Waals surface area contributed by atoms with Crippen molar-refractivity contribution < 1.29 is 19.3 Å². The zero-order chi connectivity index (χ0) is 31.9. The number of amides is 3. The number of thioether (sulfide) groups is 1. The molecular weight excluding hydrogens is 611 g/mol. The minimum absolute atomic E-state index is 0.154. The largest absolute Gasteiger partial charge is 0.321 e. The number of carbonyl (C=O) groups is 3. The number of anilines is 2. The standard InChI is InChI=1S/C33H27N5O5S2/c1-20-12-17-26-29(18-20)45-33(36-26)37-30(39)21(2)44-25-15-13-24(14-16-25)34-32(41)27(35-31(40)22-8-4-3-5-9-22)19-23-10-6-7-11-28(23)38(42)43/h3-19,21H,1-2H3,(H,34,41)(H,35,40)(H,36,37,39)/b27-19-. The summed E-state index contributed by atoms with van der Waals surface area (Å²) >= 11 is 2.77. The van der Waals surface area contributed by atoms with Crippen LogP contribution < -0.4 is 16.0 Å². The monoisotopic (exact) mass is 637 g/mol. The third-order valence-corrected chi connectivity index (χ3v) is 8.58. The van der Waals surface area contributed by atoms with Crippen molar-refractivity contribution in [1.82, 2.24) is 10.3 Å². The number of benzene rings is 4. The third-order valence-electron chi connectivity index (χ3n) is 6.53. The molecule has 0 saturated heterocycles. The molecule has 1 aromatic heterocycles. The number of thiazole rings is 1. The van der Waals surface area contributed by atoms with Gasteiger partial charge >= 0.3 is 0 Å². The molecule has 10 nitrogen and oxygen atoms in total. The van der Waals surface area contributed by atoms with Crippen LogP contribution in [0.2, 0.25) is 0 Å². The number of hydrogen-bond acceptors (Lipinski definition) is 8.